The number of anilines is 1. The largest absolute Gasteiger partial charge is 0.480 e. The minimum atomic E-state index is -0.718. The second kappa shape index (κ2) is 9.04. The highest BCUT2D eigenvalue weighted by molar-refractivity contribution is 9.10. The number of carbonyl (C=O) groups is 2. The number of carbonyl (C=O) groups excluding carboxylic acids is 2. The summed E-state index contributed by atoms with van der Waals surface area (Å²) in [6.07, 6.45) is -0.718. The number of nitrogens with one attached hydrogen (secondary N) is 2. The summed E-state index contributed by atoms with van der Waals surface area (Å²) in [6, 6.07) is 10.8. The third-order valence-corrected chi connectivity index (χ3v) is 4.40. The van der Waals surface area contributed by atoms with Crippen LogP contribution >= 0.6 is 15.9 Å². The molecule has 5 nitrogen and oxygen atoms in total. The fourth-order valence-electron chi connectivity index (χ4n) is 2.68. The van der Waals surface area contributed by atoms with Gasteiger partial charge in [0.2, 0.25) is 0 Å². The fourth-order valence-corrected chi connectivity index (χ4v) is 3.36. The van der Waals surface area contributed by atoms with Crippen molar-refractivity contribution in [1.82, 2.24) is 5.32 Å². The highest BCUT2D eigenvalue weighted by atomic mass is 79.9. The van der Waals surface area contributed by atoms with Crippen molar-refractivity contribution >= 4 is 33.4 Å². The molecular weight excluding hydrogens is 408 g/mol. The maximum atomic E-state index is 12.6. The van der Waals surface area contributed by atoms with Crippen LogP contribution in [0.15, 0.2) is 40.9 Å². The van der Waals surface area contributed by atoms with Gasteiger partial charge in [-0.3, -0.25) is 9.59 Å². The Hall–Kier alpha value is -2.34. The number of ether oxygens (including phenoxy) is 1. The van der Waals surface area contributed by atoms with E-state index >= 15 is 0 Å². The molecule has 0 saturated carbocycles. The van der Waals surface area contributed by atoms with Crippen molar-refractivity contribution < 1.29 is 14.3 Å². The predicted molar refractivity (Wildman–Crippen MR) is 111 cm³/mol. The summed E-state index contributed by atoms with van der Waals surface area (Å²) in [5.41, 5.74) is 2.76. The van der Waals surface area contributed by atoms with Gasteiger partial charge < -0.3 is 15.4 Å². The van der Waals surface area contributed by atoms with Gasteiger partial charge in [-0.15, -0.1) is 0 Å². The molecule has 2 amide bonds. The molecule has 0 bridgehead atoms. The van der Waals surface area contributed by atoms with Crippen LogP contribution in [0.25, 0.3) is 0 Å². The van der Waals surface area contributed by atoms with Gasteiger partial charge in [0, 0.05) is 10.5 Å². The molecular formula is C21H25BrN2O3. The van der Waals surface area contributed by atoms with Crippen molar-refractivity contribution in [1.29, 1.82) is 0 Å². The molecule has 0 aliphatic carbocycles. The van der Waals surface area contributed by atoms with Crippen LogP contribution in [0.2, 0.25) is 0 Å². The van der Waals surface area contributed by atoms with Gasteiger partial charge in [0.05, 0.1) is 11.3 Å². The molecule has 0 saturated heterocycles. The zero-order valence-corrected chi connectivity index (χ0v) is 17.8. The first kappa shape index (κ1) is 21.0. The van der Waals surface area contributed by atoms with Gasteiger partial charge in [0.25, 0.3) is 11.8 Å². The van der Waals surface area contributed by atoms with Crippen molar-refractivity contribution in [3.8, 4) is 5.75 Å². The molecule has 2 rings (SSSR count). The Morgan fingerprint density at radius 1 is 1.04 bits per heavy atom. The van der Waals surface area contributed by atoms with Crippen LogP contribution in [0.5, 0.6) is 5.75 Å². The zero-order valence-electron chi connectivity index (χ0n) is 16.2. The number of halogens is 1. The molecule has 0 radical (unpaired) electrons. The van der Waals surface area contributed by atoms with E-state index in [1.54, 1.807) is 31.2 Å². The molecule has 0 fully saturated rings. The Balaban J connectivity index is 2.15. The molecule has 27 heavy (non-hydrogen) atoms. The van der Waals surface area contributed by atoms with E-state index in [2.05, 4.69) is 26.6 Å². The van der Waals surface area contributed by atoms with Crippen molar-refractivity contribution in [3.63, 3.8) is 0 Å². The summed E-state index contributed by atoms with van der Waals surface area (Å²) >= 11 is 3.45. The lowest BCUT2D eigenvalue weighted by Gasteiger charge is -2.19. The summed E-state index contributed by atoms with van der Waals surface area (Å²) in [4.78, 5) is 25.0. The van der Waals surface area contributed by atoms with Gasteiger partial charge in [-0.05, 0) is 70.0 Å². The monoisotopic (exact) mass is 432 g/mol. The Kier molecular flexibility index (Phi) is 7.02. The van der Waals surface area contributed by atoms with E-state index in [0.29, 0.717) is 17.0 Å². The Morgan fingerprint density at radius 3 is 2.22 bits per heavy atom. The summed E-state index contributed by atoms with van der Waals surface area (Å²) in [5.74, 6) is 0.141. The van der Waals surface area contributed by atoms with Gasteiger partial charge >= 0.3 is 0 Å². The van der Waals surface area contributed by atoms with E-state index in [-0.39, 0.29) is 17.9 Å². The summed E-state index contributed by atoms with van der Waals surface area (Å²) in [7, 11) is 0. The third kappa shape index (κ3) is 5.57. The molecule has 144 valence electrons. The van der Waals surface area contributed by atoms with Crippen molar-refractivity contribution in [3.05, 3.63) is 57.6 Å². The highest BCUT2D eigenvalue weighted by Crippen LogP contribution is 2.28. The standard InChI is InChI=1S/C21H25BrN2O3/c1-12(2)23-21(26)17-8-6-7-9-18(17)24-20(25)15(5)27-19-13(3)10-16(22)11-14(19)4/h6-12,15H,1-5H3,(H,23,26)(H,24,25). The lowest BCUT2D eigenvalue weighted by atomic mass is 10.1. The van der Waals surface area contributed by atoms with Crippen molar-refractivity contribution in [2.45, 2.75) is 46.8 Å². The van der Waals surface area contributed by atoms with Gasteiger partial charge in [-0.2, -0.15) is 0 Å². The maximum Gasteiger partial charge on any atom is 0.265 e. The van der Waals surface area contributed by atoms with E-state index in [1.807, 2.05) is 39.8 Å². The lowest BCUT2D eigenvalue weighted by Crippen LogP contribution is -2.33. The molecule has 1 atom stereocenters. The molecule has 0 heterocycles. The molecule has 2 aromatic rings. The number of aryl methyl sites for hydroxylation is 2. The average Bonchev–Trinajstić information content (AvgIpc) is 2.57. The molecule has 0 aliphatic rings. The van der Waals surface area contributed by atoms with Crippen LogP contribution in [0.3, 0.4) is 0 Å². The summed E-state index contributed by atoms with van der Waals surface area (Å²) in [5, 5.41) is 5.64. The number of hydrogen-bond acceptors (Lipinski definition) is 3. The predicted octanol–water partition coefficient (Wildman–Crippen LogP) is 4.61. The number of rotatable bonds is 6. The first-order chi connectivity index (χ1) is 12.7. The summed E-state index contributed by atoms with van der Waals surface area (Å²) in [6.45, 7) is 9.33. The Bertz CT molecular complexity index is 826. The maximum absolute atomic E-state index is 12.6. The summed E-state index contributed by atoms with van der Waals surface area (Å²) < 4.78 is 6.86. The van der Waals surface area contributed by atoms with E-state index in [4.69, 9.17) is 4.74 Å². The van der Waals surface area contributed by atoms with Crippen LogP contribution in [-0.2, 0) is 4.79 Å². The second-order valence-electron chi connectivity index (χ2n) is 6.79. The first-order valence-electron chi connectivity index (χ1n) is 8.83. The second-order valence-corrected chi connectivity index (χ2v) is 7.71. The topological polar surface area (TPSA) is 67.4 Å². The number of benzene rings is 2. The molecule has 0 spiro atoms. The van der Waals surface area contributed by atoms with Crippen molar-refractivity contribution in [2.75, 3.05) is 5.32 Å². The van der Waals surface area contributed by atoms with Gasteiger partial charge in [-0.1, -0.05) is 28.1 Å². The van der Waals surface area contributed by atoms with E-state index in [0.717, 1.165) is 15.6 Å². The molecule has 0 aliphatic heterocycles. The number of para-hydroxylation sites is 1. The van der Waals surface area contributed by atoms with Crippen LogP contribution in [0.4, 0.5) is 5.69 Å². The van der Waals surface area contributed by atoms with Gasteiger partial charge in [0.1, 0.15) is 5.75 Å². The van der Waals surface area contributed by atoms with Crippen LogP contribution < -0.4 is 15.4 Å². The number of hydrogen-bond donors (Lipinski definition) is 2. The average molecular weight is 433 g/mol. The van der Waals surface area contributed by atoms with Crippen molar-refractivity contribution in [2.24, 2.45) is 0 Å². The van der Waals surface area contributed by atoms with Crippen LogP contribution in [-0.4, -0.2) is 24.0 Å². The smallest absolute Gasteiger partial charge is 0.265 e. The fraction of sp³-hybridized carbons (Fsp3) is 0.333. The van der Waals surface area contributed by atoms with Gasteiger partial charge in [0.15, 0.2) is 6.10 Å². The normalized spacial score (nSPS) is 11.8. The van der Waals surface area contributed by atoms with E-state index in [9.17, 15) is 9.59 Å². The number of amides is 2. The van der Waals surface area contributed by atoms with E-state index < -0.39 is 6.10 Å². The molecule has 1 unspecified atom stereocenters. The molecule has 0 aromatic heterocycles. The first-order valence-corrected chi connectivity index (χ1v) is 9.62. The lowest BCUT2D eigenvalue weighted by molar-refractivity contribution is -0.122. The van der Waals surface area contributed by atoms with E-state index in [1.165, 1.54) is 0 Å². The minimum Gasteiger partial charge on any atom is -0.480 e. The van der Waals surface area contributed by atoms with Gasteiger partial charge in [-0.25, -0.2) is 0 Å². The SMILES string of the molecule is Cc1cc(Br)cc(C)c1OC(C)C(=O)Nc1ccccc1C(=O)NC(C)C. The third-order valence-electron chi connectivity index (χ3n) is 3.94. The Labute approximate surface area is 168 Å². The van der Waals surface area contributed by atoms with Crippen LogP contribution in [0, 0.1) is 13.8 Å². The molecule has 2 N–H and O–H groups in total. The molecule has 6 heteroatoms. The highest BCUT2D eigenvalue weighted by Gasteiger charge is 2.20. The zero-order chi connectivity index (χ0) is 20.1. The molecule has 2 aromatic carbocycles. The van der Waals surface area contributed by atoms with Crippen LogP contribution in [0.1, 0.15) is 42.3 Å². The quantitative estimate of drug-likeness (QED) is 0.699. The Morgan fingerprint density at radius 2 is 1.63 bits per heavy atom. The minimum absolute atomic E-state index is 0.00636.